The highest BCUT2D eigenvalue weighted by Crippen LogP contribution is 2.28. The zero-order valence-electron chi connectivity index (χ0n) is 14.7. The van der Waals surface area contributed by atoms with E-state index in [4.69, 9.17) is 4.74 Å². The van der Waals surface area contributed by atoms with Crippen LogP contribution in [0.25, 0.3) is 11.1 Å². The van der Waals surface area contributed by atoms with Crippen molar-refractivity contribution in [3.63, 3.8) is 0 Å². The number of nitrogens with zero attached hydrogens (tertiary/aromatic N) is 1. The van der Waals surface area contributed by atoms with Gasteiger partial charge in [-0.05, 0) is 38.8 Å². The Kier molecular flexibility index (Phi) is 4.99. The van der Waals surface area contributed by atoms with Crippen LogP contribution in [0.15, 0.2) is 30.5 Å². The minimum atomic E-state index is -2.34. The molecule has 0 saturated carbocycles. The topological polar surface area (TPSA) is 113 Å². The van der Waals surface area contributed by atoms with Gasteiger partial charge in [-0.25, -0.2) is 9.59 Å². The maximum atomic E-state index is 11.7. The second kappa shape index (κ2) is 6.68. The van der Waals surface area contributed by atoms with Crippen LogP contribution in [-0.4, -0.2) is 43.6 Å². The molecule has 1 heterocycles. The van der Waals surface area contributed by atoms with E-state index in [1.54, 1.807) is 51.2 Å². The molecular weight excluding hydrogens is 324 g/mol. The Morgan fingerprint density at radius 3 is 2.08 bits per heavy atom. The van der Waals surface area contributed by atoms with Crippen LogP contribution in [0, 0.1) is 6.92 Å². The van der Waals surface area contributed by atoms with Crippen molar-refractivity contribution in [1.82, 2.24) is 10.2 Å². The van der Waals surface area contributed by atoms with Crippen molar-refractivity contribution in [2.24, 2.45) is 0 Å². The van der Waals surface area contributed by atoms with Gasteiger partial charge in [0.05, 0.1) is 11.8 Å². The van der Waals surface area contributed by atoms with Crippen LogP contribution in [0.1, 0.15) is 32.0 Å². The average Bonchev–Trinajstić information content (AvgIpc) is 2.91. The maximum absolute atomic E-state index is 11.7. The molecule has 134 valence electrons. The van der Waals surface area contributed by atoms with Gasteiger partial charge < -0.3 is 14.9 Å². The second-order valence-electron chi connectivity index (χ2n) is 6.93. The number of benzene rings is 1. The van der Waals surface area contributed by atoms with Gasteiger partial charge in [0.15, 0.2) is 0 Å². The van der Waals surface area contributed by atoms with Gasteiger partial charge in [-0.2, -0.15) is 5.10 Å². The maximum Gasteiger partial charge on any atom is 0.348 e. The number of nitrogens with one attached hydrogen (secondary N) is 1. The second-order valence-corrected chi connectivity index (χ2v) is 6.93. The molecule has 0 aliphatic heterocycles. The number of carboxylic acids is 2. The Morgan fingerprint density at radius 2 is 1.68 bits per heavy atom. The van der Waals surface area contributed by atoms with E-state index in [-0.39, 0.29) is 6.42 Å². The molecule has 2 rings (SSSR count). The number of aromatic nitrogens is 2. The lowest BCUT2D eigenvalue weighted by molar-refractivity contribution is -0.199. The lowest BCUT2D eigenvalue weighted by atomic mass is 9.92. The molecule has 0 bridgehead atoms. The van der Waals surface area contributed by atoms with Crippen LogP contribution < -0.4 is 0 Å². The van der Waals surface area contributed by atoms with Gasteiger partial charge >= 0.3 is 11.9 Å². The summed E-state index contributed by atoms with van der Waals surface area (Å²) in [5.41, 5.74) is 0.0343. The van der Waals surface area contributed by atoms with E-state index >= 15 is 0 Å². The number of ether oxygens (including phenoxy) is 1. The molecule has 2 aromatic rings. The molecule has 1 aromatic heterocycles. The standard InChI is InChI=1S/C18H22N2O5/c1-11-14(10-19-20-11)13-7-5-12(6-8-13)9-18(15(21)22,16(23)24)25-17(2,3)4/h5-8,10H,9H2,1-4H3,(H,19,20)(H,21,22)(H,23,24). The Bertz CT molecular complexity index is 758. The van der Waals surface area contributed by atoms with E-state index in [0.717, 1.165) is 16.8 Å². The fraction of sp³-hybridized carbons (Fsp3) is 0.389. The lowest BCUT2D eigenvalue weighted by Crippen LogP contribution is -2.54. The van der Waals surface area contributed by atoms with Gasteiger partial charge in [-0.15, -0.1) is 0 Å². The summed E-state index contributed by atoms with van der Waals surface area (Å²) in [4.78, 5) is 23.5. The molecule has 3 N–H and O–H groups in total. The van der Waals surface area contributed by atoms with Crippen LogP contribution in [-0.2, 0) is 20.7 Å². The quantitative estimate of drug-likeness (QED) is 0.693. The number of hydrogen-bond donors (Lipinski definition) is 3. The van der Waals surface area contributed by atoms with Gasteiger partial charge in [0.25, 0.3) is 5.60 Å². The minimum absolute atomic E-state index is 0.278. The lowest BCUT2D eigenvalue weighted by Gasteiger charge is -2.33. The van der Waals surface area contributed by atoms with Crippen molar-refractivity contribution < 1.29 is 24.5 Å². The number of H-pyrrole nitrogens is 1. The Hall–Kier alpha value is -2.67. The van der Waals surface area contributed by atoms with E-state index in [1.807, 2.05) is 6.92 Å². The van der Waals surface area contributed by atoms with Gasteiger partial charge in [-0.3, -0.25) is 5.10 Å². The van der Waals surface area contributed by atoms with E-state index in [0.29, 0.717) is 5.56 Å². The fourth-order valence-electron chi connectivity index (χ4n) is 2.62. The van der Waals surface area contributed by atoms with Crippen LogP contribution >= 0.6 is 0 Å². The first-order valence-corrected chi connectivity index (χ1v) is 7.81. The van der Waals surface area contributed by atoms with Crippen LogP contribution in [0.5, 0.6) is 0 Å². The molecule has 0 atom stereocenters. The average molecular weight is 346 g/mol. The highest BCUT2D eigenvalue weighted by atomic mass is 16.6. The minimum Gasteiger partial charge on any atom is -0.479 e. The molecule has 0 aliphatic rings. The number of hydrogen-bond acceptors (Lipinski definition) is 4. The number of carbonyl (C=O) groups is 2. The van der Waals surface area contributed by atoms with E-state index in [9.17, 15) is 19.8 Å². The van der Waals surface area contributed by atoms with E-state index < -0.39 is 23.1 Å². The highest BCUT2D eigenvalue weighted by molar-refractivity contribution is 6.02. The van der Waals surface area contributed by atoms with E-state index in [1.165, 1.54) is 0 Å². The summed E-state index contributed by atoms with van der Waals surface area (Å²) in [6.07, 6.45) is 1.42. The molecule has 0 spiro atoms. The predicted molar refractivity (Wildman–Crippen MR) is 91.3 cm³/mol. The van der Waals surface area contributed by atoms with Crippen LogP contribution in [0.3, 0.4) is 0 Å². The fourth-order valence-corrected chi connectivity index (χ4v) is 2.62. The summed E-state index contributed by atoms with van der Waals surface area (Å²) in [7, 11) is 0. The molecule has 0 radical (unpaired) electrons. The highest BCUT2D eigenvalue weighted by Gasteiger charge is 2.50. The Morgan fingerprint density at radius 1 is 1.12 bits per heavy atom. The summed E-state index contributed by atoms with van der Waals surface area (Å²) in [6, 6.07) is 7.01. The van der Waals surface area contributed by atoms with Crippen molar-refractivity contribution in [3.8, 4) is 11.1 Å². The van der Waals surface area contributed by atoms with Crippen molar-refractivity contribution in [1.29, 1.82) is 0 Å². The summed E-state index contributed by atoms with van der Waals surface area (Å²) in [6.45, 7) is 6.77. The first kappa shape index (κ1) is 18.7. The van der Waals surface area contributed by atoms with Crippen molar-refractivity contribution in [2.45, 2.75) is 45.3 Å². The monoisotopic (exact) mass is 346 g/mol. The first-order valence-electron chi connectivity index (χ1n) is 7.81. The number of aromatic amines is 1. The number of carboxylic acid groups (broad SMARTS) is 2. The van der Waals surface area contributed by atoms with Gasteiger partial charge in [0.1, 0.15) is 0 Å². The van der Waals surface area contributed by atoms with E-state index in [2.05, 4.69) is 10.2 Å². The predicted octanol–water partition coefficient (Wildman–Crippen LogP) is 2.65. The molecule has 0 aliphatic carbocycles. The third-order valence-electron chi connectivity index (χ3n) is 3.72. The Balaban J connectivity index is 2.34. The summed E-state index contributed by atoms with van der Waals surface area (Å²) >= 11 is 0. The summed E-state index contributed by atoms with van der Waals surface area (Å²) in [5.74, 6) is -3.05. The SMILES string of the molecule is Cc1[nH]ncc1-c1ccc(CC(OC(C)(C)C)(C(=O)O)C(=O)O)cc1. The number of aryl methyl sites for hydroxylation is 1. The Labute approximate surface area is 145 Å². The normalized spacial score (nSPS) is 12.2. The third-order valence-corrected chi connectivity index (χ3v) is 3.72. The molecule has 25 heavy (non-hydrogen) atoms. The molecule has 7 heteroatoms. The van der Waals surface area contributed by atoms with Crippen molar-refractivity contribution >= 4 is 11.9 Å². The zero-order valence-corrected chi connectivity index (χ0v) is 14.7. The van der Waals surface area contributed by atoms with Crippen LogP contribution in [0.4, 0.5) is 0 Å². The zero-order chi connectivity index (χ0) is 18.8. The molecule has 1 aromatic carbocycles. The summed E-state index contributed by atoms with van der Waals surface area (Å²) in [5, 5.41) is 25.9. The van der Waals surface area contributed by atoms with Gasteiger partial charge in [0, 0.05) is 17.7 Å². The van der Waals surface area contributed by atoms with Crippen molar-refractivity contribution in [2.75, 3.05) is 0 Å². The number of aliphatic carboxylic acids is 2. The summed E-state index contributed by atoms with van der Waals surface area (Å²) < 4.78 is 5.46. The molecule has 0 fully saturated rings. The first-order chi connectivity index (χ1) is 11.5. The van der Waals surface area contributed by atoms with Gasteiger partial charge in [0.2, 0.25) is 0 Å². The number of rotatable bonds is 6. The van der Waals surface area contributed by atoms with Crippen LogP contribution in [0.2, 0.25) is 0 Å². The molecular formula is C18H22N2O5. The third kappa shape index (κ3) is 4.06. The molecule has 0 saturated heterocycles. The smallest absolute Gasteiger partial charge is 0.348 e. The molecule has 0 unspecified atom stereocenters. The largest absolute Gasteiger partial charge is 0.479 e. The van der Waals surface area contributed by atoms with Gasteiger partial charge in [-0.1, -0.05) is 24.3 Å². The molecule has 0 amide bonds. The van der Waals surface area contributed by atoms with Crippen molar-refractivity contribution in [3.05, 3.63) is 41.7 Å². The molecule has 7 nitrogen and oxygen atoms in total.